The lowest BCUT2D eigenvalue weighted by Gasteiger charge is -2.15. The molecule has 2 aromatic rings. The van der Waals surface area contributed by atoms with Gasteiger partial charge in [0.15, 0.2) is 5.17 Å². The van der Waals surface area contributed by atoms with Crippen LogP contribution in [-0.4, -0.2) is 30.3 Å². The molecule has 2 aliphatic heterocycles. The summed E-state index contributed by atoms with van der Waals surface area (Å²) in [5.74, 6) is 0.936. The second kappa shape index (κ2) is 4.93. The maximum absolute atomic E-state index is 5.47. The average Bonchev–Trinajstić information content (AvgIpc) is 3.18. The molecule has 3 nitrogen and oxygen atoms in total. The van der Waals surface area contributed by atoms with Gasteiger partial charge in [0.05, 0.1) is 28.9 Å². The maximum atomic E-state index is 5.47. The molecule has 0 amide bonds. The fourth-order valence-electron chi connectivity index (χ4n) is 2.71. The van der Waals surface area contributed by atoms with Crippen molar-refractivity contribution < 1.29 is 4.74 Å². The molecule has 0 atom stereocenters. The summed E-state index contributed by atoms with van der Waals surface area (Å²) in [6.07, 6.45) is 1.93. The van der Waals surface area contributed by atoms with Gasteiger partial charge in [0.2, 0.25) is 0 Å². The third kappa shape index (κ3) is 1.92. The van der Waals surface area contributed by atoms with Crippen LogP contribution < -0.4 is 4.74 Å². The number of allylic oxidation sites excluding steroid dienone is 1. The summed E-state index contributed by atoms with van der Waals surface area (Å²) in [5, 5.41) is 2.32. The van der Waals surface area contributed by atoms with E-state index >= 15 is 0 Å². The number of hydrogen-bond donors (Lipinski definition) is 0. The molecule has 5 heteroatoms. The Morgan fingerprint density at radius 2 is 2.33 bits per heavy atom. The van der Waals surface area contributed by atoms with Gasteiger partial charge in [0.1, 0.15) is 5.75 Å². The highest BCUT2D eigenvalue weighted by Crippen LogP contribution is 2.46. The van der Waals surface area contributed by atoms with E-state index in [1.165, 1.54) is 25.6 Å². The standard InChI is InChI=1S/C16H14N2OS2/c1-3-12-14(18-8-7-17-16(18)21-12)13-9-10-5-4-6-11(19-2)15(10)20-13/h3-6,9H,1,7-8H2,2H3. The molecule has 0 radical (unpaired) electrons. The van der Waals surface area contributed by atoms with E-state index in [-0.39, 0.29) is 0 Å². The Hall–Kier alpha value is -1.72. The van der Waals surface area contributed by atoms with Gasteiger partial charge in [-0.15, -0.1) is 11.3 Å². The highest BCUT2D eigenvalue weighted by molar-refractivity contribution is 8.17. The summed E-state index contributed by atoms with van der Waals surface area (Å²) in [7, 11) is 1.72. The van der Waals surface area contributed by atoms with Crippen LogP contribution in [0.25, 0.3) is 15.8 Å². The molecule has 0 N–H and O–H groups in total. The normalized spacial score (nSPS) is 17.4. The Bertz CT molecular complexity index is 804. The Balaban J connectivity index is 1.89. The summed E-state index contributed by atoms with van der Waals surface area (Å²) >= 11 is 3.49. The summed E-state index contributed by atoms with van der Waals surface area (Å²) < 4.78 is 6.67. The van der Waals surface area contributed by atoms with E-state index in [1.54, 1.807) is 30.2 Å². The summed E-state index contributed by atoms with van der Waals surface area (Å²) in [6, 6.07) is 8.42. The van der Waals surface area contributed by atoms with Crippen LogP contribution in [0.1, 0.15) is 4.88 Å². The van der Waals surface area contributed by atoms with Gasteiger partial charge in [0.25, 0.3) is 0 Å². The van der Waals surface area contributed by atoms with Crippen molar-refractivity contribution in [1.82, 2.24) is 4.90 Å². The van der Waals surface area contributed by atoms with Crippen molar-refractivity contribution in [1.29, 1.82) is 0 Å². The van der Waals surface area contributed by atoms with Gasteiger partial charge in [-0.3, -0.25) is 4.99 Å². The summed E-state index contributed by atoms with van der Waals surface area (Å²) in [5.41, 5.74) is 1.24. The lowest BCUT2D eigenvalue weighted by Crippen LogP contribution is -2.19. The van der Waals surface area contributed by atoms with E-state index in [4.69, 9.17) is 4.74 Å². The molecule has 0 aliphatic carbocycles. The second-order valence-electron chi connectivity index (χ2n) is 4.82. The Labute approximate surface area is 131 Å². The zero-order chi connectivity index (χ0) is 14.4. The number of methoxy groups -OCH3 is 1. The quantitative estimate of drug-likeness (QED) is 0.849. The van der Waals surface area contributed by atoms with Crippen molar-refractivity contribution in [2.45, 2.75) is 0 Å². The zero-order valence-corrected chi connectivity index (χ0v) is 13.3. The fraction of sp³-hybridized carbons (Fsp3) is 0.188. The number of amidine groups is 1. The van der Waals surface area contributed by atoms with Crippen LogP contribution >= 0.6 is 23.1 Å². The van der Waals surface area contributed by atoms with Crippen LogP contribution in [-0.2, 0) is 0 Å². The number of fused-ring (bicyclic) bond motifs is 2. The van der Waals surface area contributed by atoms with E-state index in [1.807, 2.05) is 18.2 Å². The molecule has 1 aromatic heterocycles. The predicted octanol–water partition coefficient (Wildman–Crippen LogP) is 4.18. The summed E-state index contributed by atoms with van der Waals surface area (Å²) in [6.45, 7) is 5.79. The molecule has 21 heavy (non-hydrogen) atoms. The molecule has 3 heterocycles. The predicted molar refractivity (Wildman–Crippen MR) is 92.1 cm³/mol. The minimum Gasteiger partial charge on any atom is -0.495 e. The molecule has 0 fully saturated rings. The van der Waals surface area contributed by atoms with E-state index in [9.17, 15) is 0 Å². The molecule has 0 bridgehead atoms. The number of thiophene rings is 1. The van der Waals surface area contributed by atoms with Crippen LogP contribution in [0.15, 0.2) is 46.8 Å². The number of hydrogen-bond acceptors (Lipinski definition) is 5. The van der Waals surface area contributed by atoms with Crippen molar-refractivity contribution in [3.05, 3.63) is 46.7 Å². The van der Waals surface area contributed by atoms with Gasteiger partial charge in [-0.25, -0.2) is 0 Å². The SMILES string of the molecule is C=CC1=C(c2cc3cccc(OC)c3s2)N2CCN=C2S1. The first-order valence-corrected chi connectivity index (χ1v) is 8.38. The number of rotatable bonds is 3. The van der Waals surface area contributed by atoms with Gasteiger partial charge in [0, 0.05) is 11.4 Å². The van der Waals surface area contributed by atoms with Crippen LogP contribution in [0, 0.1) is 0 Å². The van der Waals surface area contributed by atoms with Gasteiger partial charge in [-0.1, -0.05) is 24.8 Å². The van der Waals surface area contributed by atoms with Crippen LogP contribution in [0.4, 0.5) is 0 Å². The number of nitrogens with zero attached hydrogens (tertiary/aromatic N) is 2. The third-order valence-electron chi connectivity index (χ3n) is 3.65. The lowest BCUT2D eigenvalue weighted by molar-refractivity contribution is 0.420. The van der Waals surface area contributed by atoms with Crippen molar-refractivity contribution >= 4 is 44.0 Å². The monoisotopic (exact) mass is 314 g/mol. The van der Waals surface area contributed by atoms with Gasteiger partial charge < -0.3 is 9.64 Å². The fourth-order valence-corrected chi connectivity index (χ4v) is 5.04. The summed E-state index contributed by atoms with van der Waals surface area (Å²) in [4.78, 5) is 9.31. The lowest BCUT2D eigenvalue weighted by atomic mass is 10.2. The molecule has 2 aliphatic rings. The molecule has 0 saturated heterocycles. The van der Waals surface area contributed by atoms with Crippen molar-refractivity contribution in [3.63, 3.8) is 0 Å². The first kappa shape index (κ1) is 13.0. The molecule has 106 valence electrons. The molecular formula is C16H14N2OS2. The molecule has 4 rings (SSSR count). The Kier molecular flexibility index (Phi) is 3.05. The van der Waals surface area contributed by atoms with E-state index in [2.05, 4.69) is 28.6 Å². The third-order valence-corrected chi connectivity index (χ3v) is 5.94. The Morgan fingerprint density at radius 3 is 3.14 bits per heavy atom. The van der Waals surface area contributed by atoms with Crippen LogP contribution in [0.3, 0.4) is 0 Å². The van der Waals surface area contributed by atoms with E-state index in [0.29, 0.717) is 0 Å². The minimum atomic E-state index is 0.879. The molecule has 0 spiro atoms. The zero-order valence-electron chi connectivity index (χ0n) is 11.6. The van der Waals surface area contributed by atoms with Crippen molar-refractivity contribution in [3.8, 4) is 5.75 Å². The van der Waals surface area contributed by atoms with Gasteiger partial charge in [-0.05, 0) is 29.3 Å². The van der Waals surface area contributed by atoms with Gasteiger partial charge >= 0.3 is 0 Å². The van der Waals surface area contributed by atoms with Gasteiger partial charge in [-0.2, -0.15) is 0 Å². The first-order valence-electron chi connectivity index (χ1n) is 6.75. The molecule has 0 saturated carbocycles. The number of aliphatic imine (C=N–C) groups is 1. The van der Waals surface area contributed by atoms with Crippen LogP contribution in [0.2, 0.25) is 0 Å². The van der Waals surface area contributed by atoms with Crippen molar-refractivity contribution in [2.75, 3.05) is 20.2 Å². The maximum Gasteiger partial charge on any atom is 0.168 e. The van der Waals surface area contributed by atoms with Crippen LogP contribution in [0.5, 0.6) is 5.75 Å². The molecule has 0 unspecified atom stereocenters. The highest BCUT2D eigenvalue weighted by atomic mass is 32.2. The largest absolute Gasteiger partial charge is 0.495 e. The topological polar surface area (TPSA) is 24.8 Å². The highest BCUT2D eigenvalue weighted by Gasteiger charge is 2.32. The second-order valence-corrected chi connectivity index (χ2v) is 6.89. The minimum absolute atomic E-state index is 0.879. The first-order chi connectivity index (χ1) is 10.3. The number of benzene rings is 1. The number of ether oxygens (including phenoxy) is 1. The Morgan fingerprint density at radius 1 is 1.43 bits per heavy atom. The van der Waals surface area contributed by atoms with Crippen molar-refractivity contribution in [2.24, 2.45) is 4.99 Å². The van der Waals surface area contributed by atoms with E-state index in [0.717, 1.165) is 24.0 Å². The van der Waals surface area contributed by atoms with E-state index < -0.39 is 0 Å². The smallest absolute Gasteiger partial charge is 0.168 e. The molecular weight excluding hydrogens is 300 g/mol. The molecule has 1 aromatic carbocycles. The average molecular weight is 314 g/mol. The number of thioether (sulfide) groups is 1.